The molecule has 0 unspecified atom stereocenters. The molecule has 0 fully saturated rings. The van der Waals surface area contributed by atoms with E-state index in [9.17, 15) is 9.59 Å². The van der Waals surface area contributed by atoms with Crippen LogP contribution in [0.4, 0.5) is 0 Å². The summed E-state index contributed by atoms with van der Waals surface area (Å²) in [4.78, 5) is 33.9. The van der Waals surface area contributed by atoms with E-state index in [2.05, 4.69) is 20.4 Å². The largest absolute Gasteiger partial charge is 0.497 e. The van der Waals surface area contributed by atoms with Crippen LogP contribution in [0.5, 0.6) is 5.75 Å². The average Bonchev–Trinajstić information content (AvgIpc) is 3.24. The third kappa shape index (κ3) is 3.80. The zero-order valence-corrected chi connectivity index (χ0v) is 16.6. The molecule has 1 atom stereocenters. The molecule has 0 saturated heterocycles. The molecule has 2 aromatic heterocycles. The SMILES string of the molecule is COc1ccc([C@H](NC(=O)Cc2c(C)nc3nc[nH]n3c2=O)c2ccccc2)cc1. The number of rotatable bonds is 6. The van der Waals surface area contributed by atoms with Gasteiger partial charge >= 0.3 is 0 Å². The number of hydrogen-bond acceptors (Lipinski definition) is 5. The first kappa shape index (κ1) is 19.4. The Labute approximate surface area is 172 Å². The number of nitrogens with one attached hydrogen (secondary N) is 2. The molecular formula is C22H21N5O3. The quantitative estimate of drug-likeness (QED) is 0.514. The van der Waals surface area contributed by atoms with Crippen LogP contribution in [0.25, 0.3) is 5.78 Å². The summed E-state index contributed by atoms with van der Waals surface area (Å²) in [6.07, 6.45) is 1.31. The molecule has 8 nitrogen and oxygen atoms in total. The molecule has 0 bridgehead atoms. The standard InChI is InChI=1S/C22H21N5O3/c1-14-18(21(29)27-22(25-14)23-13-24-27)12-19(28)26-20(15-6-4-3-5-7-15)16-8-10-17(30-2)11-9-16/h3-11,13,20H,12H2,1-2H3,(H,26,28)(H,23,24,25)/t20-/m1/s1. The summed E-state index contributed by atoms with van der Waals surface area (Å²) in [5.41, 5.74) is 2.34. The van der Waals surface area contributed by atoms with Gasteiger partial charge in [0.25, 0.3) is 11.3 Å². The maximum absolute atomic E-state index is 12.9. The third-order valence-corrected chi connectivity index (χ3v) is 4.96. The summed E-state index contributed by atoms with van der Waals surface area (Å²) in [6.45, 7) is 1.71. The van der Waals surface area contributed by atoms with Gasteiger partial charge in [-0.2, -0.15) is 4.52 Å². The fraction of sp³-hybridized carbons (Fsp3) is 0.182. The van der Waals surface area contributed by atoms with Crippen LogP contribution in [-0.4, -0.2) is 32.6 Å². The zero-order valence-electron chi connectivity index (χ0n) is 16.6. The lowest BCUT2D eigenvalue weighted by molar-refractivity contribution is -0.121. The molecule has 4 rings (SSSR count). The minimum atomic E-state index is -0.364. The second kappa shape index (κ2) is 8.20. The second-order valence-electron chi connectivity index (χ2n) is 6.86. The van der Waals surface area contributed by atoms with Crippen molar-refractivity contribution in [2.24, 2.45) is 0 Å². The van der Waals surface area contributed by atoms with Crippen LogP contribution in [0, 0.1) is 6.92 Å². The zero-order chi connectivity index (χ0) is 21.1. The van der Waals surface area contributed by atoms with E-state index in [4.69, 9.17) is 4.74 Å². The normalized spacial score (nSPS) is 11.9. The Hall–Kier alpha value is -3.94. The Morgan fingerprint density at radius 2 is 1.83 bits per heavy atom. The Bertz CT molecular complexity index is 1230. The summed E-state index contributed by atoms with van der Waals surface area (Å²) < 4.78 is 6.46. The number of carbonyl (C=O) groups is 1. The predicted molar refractivity (Wildman–Crippen MR) is 111 cm³/mol. The molecular weight excluding hydrogens is 382 g/mol. The predicted octanol–water partition coefficient (Wildman–Crippen LogP) is 2.18. The van der Waals surface area contributed by atoms with E-state index in [1.54, 1.807) is 14.0 Å². The number of ether oxygens (including phenoxy) is 1. The monoisotopic (exact) mass is 403 g/mol. The van der Waals surface area contributed by atoms with Crippen molar-refractivity contribution in [1.82, 2.24) is 24.9 Å². The molecule has 0 saturated carbocycles. The summed E-state index contributed by atoms with van der Waals surface area (Å²) in [5.74, 6) is 0.739. The van der Waals surface area contributed by atoms with Crippen LogP contribution in [0.15, 0.2) is 65.7 Å². The lowest BCUT2D eigenvalue weighted by atomic mass is 9.98. The van der Waals surface area contributed by atoms with Gasteiger partial charge in [0, 0.05) is 5.56 Å². The molecule has 0 aliphatic carbocycles. The number of amides is 1. The summed E-state index contributed by atoms with van der Waals surface area (Å²) in [6, 6.07) is 16.8. The third-order valence-electron chi connectivity index (χ3n) is 4.96. The van der Waals surface area contributed by atoms with Crippen molar-refractivity contribution in [3.05, 3.63) is 93.7 Å². The molecule has 30 heavy (non-hydrogen) atoms. The minimum absolute atomic E-state index is 0.0842. The highest BCUT2D eigenvalue weighted by Gasteiger charge is 2.20. The first-order valence-corrected chi connectivity index (χ1v) is 9.46. The number of carbonyl (C=O) groups excluding carboxylic acids is 1. The number of benzene rings is 2. The minimum Gasteiger partial charge on any atom is -0.497 e. The summed E-state index contributed by atoms with van der Waals surface area (Å²) in [5, 5.41) is 5.77. The van der Waals surface area contributed by atoms with Crippen molar-refractivity contribution in [2.75, 3.05) is 7.11 Å². The number of H-pyrrole nitrogens is 1. The van der Waals surface area contributed by atoms with Gasteiger partial charge in [0.2, 0.25) is 5.91 Å². The Balaban J connectivity index is 1.63. The topological polar surface area (TPSA) is 101 Å². The summed E-state index contributed by atoms with van der Waals surface area (Å²) >= 11 is 0. The van der Waals surface area contributed by atoms with Gasteiger partial charge in [-0.15, -0.1) is 0 Å². The van der Waals surface area contributed by atoms with Gasteiger partial charge in [-0.3, -0.25) is 14.7 Å². The first-order chi connectivity index (χ1) is 14.6. The van der Waals surface area contributed by atoms with E-state index in [0.717, 1.165) is 16.9 Å². The van der Waals surface area contributed by atoms with E-state index in [-0.39, 0.29) is 29.7 Å². The molecule has 8 heteroatoms. The highest BCUT2D eigenvalue weighted by Crippen LogP contribution is 2.24. The smallest absolute Gasteiger partial charge is 0.277 e. The fourth-order valence-corrected chi connectivity index (χ4v) is 3.37. The molecule has 2 aromatic carbocycles. The van der Waals surface area contributed by atoms with Gasteiger partial charge in [0.15, 0.2) is 0 Å². The molecule has 0 aliphatic rings. The van der Waals surface area contributed by atoms with E-state index in [1.807, 2.05) is 54.6 Å². The van der Waals surface area contributed by atoms with Crippen LogP contribution in [0.2, 0.25) is 0 Å². The molecule has 2 heterocycles. The number of fused-ring (bicyclic) bond motifs is 1. The molecule has 0 radical (unpaired) electrons. The van der Waals surface area contributed by atoms with Crippen molar-refractivity contribution in [3.63, 3.8) is 0 Å². The van der Waals surface area contributed by atoms with Crippen molar-refractivity contribution in [3.8, 4) is 5.75 Å². The number of aryl methyl sites for hydroxylation is 1. The number of methoxy groups -OCH3 is 1. The Morgan fingerprint density at radius 3 is 2.53 bits per heavy atom. The Morgan fingerprint density at radius 1 is 1.13 bits per heavy atom. The van der Waals surface area contributed by atoms with Gasteiger partial charge in [-0.25, -0.2) is 9.97 Å². The number of aromatic amines is 1. The van der Waals surface area contributed by atoms with Crippen molar-refractivity contribution in [2.45, 2.75) is 19.4 Å². The fourth-order valence-electron chi connectivity index (χ4n) is 3.37. The number of nitrogens with zero attached hydrogens (tertiary/aromatic N) is 3. The van der Waals surface area contributed by atoms with Gasteiger partial charge in [0.1, 0.15) is 12.1 Å². The first-order valence-electron chi connectivity index (χ1n) is 9.46. The molecule has 152 valence electrons. The van der Waals surface area contributed by atoms with Gasteiger partial charge in [0.05, 0.1) is 25.3 Å². The maximum atomic E-state index is 12.9. The molecule has 2 N–H and O–H groups in total. The van der Waals surface area contributed by atoms with Crippen LogP contribution >= 0.6 is 0 Å². The van der Waals surface area contributed by atoms with E-state index < -0.39 is 0 Å². The van der Waals surface area contributed by atoms with Gasteiger partial charge in [-0.05, 0) is 30.2 Å². The molecule has 0 aliphatic heterocycles. The van der Waals surface area contributed by atoms with Crippen LogP contribution in [-0.2, 0) is 11.2 Å². The number of aromatic nitrogens is 4. The van der Waals surface area contributed by atoms with Crippen molar-refractivity contribution < 1.29 is 9.53 Å². The Kier molecular flexibility index (Phi) is 5.30. The van der Waals surface area contributed by atoms with Crippen LogP contribution in [0.1, 0.15) is 28.4 Å². The maximum Gasteiger partial charge on any atom is 0.277 e. The van der Waals surface area contributed by atoms with Crippen LogP contribution < -0.4 is 15.6 Å². The van der Waals surface area contributed by atoms with Crippen LogP contribution in [0.3, 0.4) is 0 Å². The molecule has 0 spiro atoms. The lowest BCUT2D eigenvalue weighted by Crippen LogP contribution is -2.33. The van der Waals surface area contributed by atoms with E-state index >= 15 is 0 Å². The summed E-state index contributed by atoms with van der Waals surface area (Å²) in [7, 11) is 1.61. The second-order valence-corrected chi connectivity index (χ2v) is 6.86. The lowest BCUT2D eigenvalue weighted by Gasteiger charge is -2.20. The van der Waals surface area contributed by atoms with Gasteiger partial charge in [-0.1, -0.05) is 42.5 Å². The van der Waals surface area contributed by atoms with Crippen molar-refractivity contribution >= 4 is 11.7 Å². The molecule has 1 amide bonds. The van der Waals surface area contributed by atoms with E-state index in [0.29, 0.717) is 11.3 Å². The number of hydrogen-bond donors (Lipinski definition) is 2. The molecule has 4 aromatic rings. The highest BCUT2D eigenvalue weighted by molar-refractivity contribution is 5.79. The van der Waals surface area contributed by atoms with Gasteiger partial charge < -0.3 is 10.1 Å². The van der Waals surface area contributed by atoms with Crippen molar-refractivity contribution in [1.29, 1.82) is 0 Å². The van der Waals surface area contributed by atoms with E-state index in [1.165, 1.54) is 10.8 Å². The average molecular weight is 403 g/mol. The highest BCUT2D eigenvalue weighted by atomic mass is 16.5.